The lowest BCUT2D eigenvalue weighted by Crippen LogP contribution is -2.68. The Hall–Kier alpha value is 0.290. The van der Waals surface area contributed by atoms with Crippen molar-refractivity contribution in [1.82, 2.24) is 4.90 Å². The predicted molar refractivity (Wildman–Crippen MR) is 81.4 cm³/mol. The van der Waals surface area contributed by atoms with Crippen LogP contribution in [0, 0.1) is 11.3 Å². The lowest BCUT2D eigenvalue weighted by atomic mass is 9.60. The van der Waals surface area contributed by atoms with Gasteiger partial charge in [-0.3, -0.25) is 4.79 Å². The van der Waals surface area contributed by atoms with Crippen LogP contribution >= 0.6 is 23.5 Å². The Kier molecular flexibility index (Phi) is 3.70. The Bertz CT molecular complexity index is 384. The minimum Gasteiger partial charge on any atom is -0.369 e. The summed E-state index contributed by atoms with van der Waals surface area (Å²) < 4.78 is -0.891. The second-order valence-electron chi connectivity index (χ2n) is 6.07. The number of piperidine rings is 1. The van der Waals surface area contributed by atoms with E-state index in [1.165, 1.54) is 0 Å². The van der Waals surface area contributed by atoms with Crippen LogP contribution in [0.3, 0.4) is 0 Å². The minimum absolute atomic E-state index is 0.146. The summed E-state index contributed by atoms with van der Waals surface area (Å²) in [5.41, 5.74) is -0.538. The molecule has 5 heteroatoms. The van der Waals surface area contributed by atoms with Gasteiger partial charge in [0.25, 0.3) is 0 Å². The van der Waals surface area contributed by atoms with Crippen LogP contribution in [0.25, 0.3) is 0 Å². The molecule has 3 aliphatic rings. The van der Waals surface area contributed by atoms with Gasteiger partial charge in [-0.2, -0.15) is 0 Å². The summed E-state index contributed by atoms with van der Waals surface area (Å²) in [7, 11) is 2.13. The van der Waals surface area contributed by atoms with Crippen LogP contribution < -0.4 is 0 Å². The van der Waals surface area contributed by atoms with Gasteiger partial charge in [-0.1, -0.05) is 13.3 Å². The third-order valence-electron chi connectivity index (χ3n) is 5.17. The fourth-order valence-corrected chi connectivity index (χ4v) is 7.69. The van der Waals surface area contributed by atoms with Crippen LogP contribution in [0.1, 0.15) is 32.6 Å². The molecule has 1 aliphatic carbocycles. The van der Waals surface area contributed by atoms with Gasteiger partial charge in [-0.05, 0) is 26.3 Å². The molecule has 0 amide bonds. The third-order valence-corrected chi connectivity index (χ3v) is 8.47. The molecule has 3 unspecified atom stereocenters. The van der Waals surface area contributed by atoms with Gasteiger partial charge in [0.2, 0.25) is 0 Å². The first-order chi connectivity index (χ1) is 9.05. The molecule has 0 radical (unpaired) electrons. The van der Waals surface area contributed by atoms with Crippen LogP contribution in [0.2, 0.25) is 0 Å². The maximum atomic E-state index is 13.0. The second-order valence-corrected chi connectivity index (χ2v) is 8.90. The number of aliphatic hydroxyl groups is 1. The van der Waals surface area contributed by atoms with Gasteiger partial charge in [0.1, 0.15) is 5.78 Å². The maximum Gasteiger partial charge on any atom is 0.171 e. The van der Waals surface area contributed by atoms with E-state index in [4.69, 9.17) is 0 Å². The number of nitrogens with zero attached hydrogens (tertiary/aromatic N) is 1. The highest BCUT2D eigenvalue weighted by atomic mass is 32.2. The highest BCUT2D eigenvalue weighted by molar-refractivity contribution is 8.21. The first-order valence-electron chi connectivity index (χ1n) is 7.30. The summed E-state index contributed by atoms with van der Waals surface area (Å²) in [6, 6.07) is 0.194. The number of carbonyl (C=O) groups is 1. The van der Waals surface area contributed by atoms with Crippen molar-refractivity contribution in [3.63, 3.8) is 0 Å². The van der Waals surface area contributed by atoms with E-state index in [0.717, 1.165) is 43.7 Å². The Morgan fingerprint density at radius 1 is 1.42 bits per heavy atom. The van der Waals surface area contributed by atoms with Crippen molar-refractivity contribution < 1.29 is 9.90 Å². The maximum absolute atomic E-state index is 13.0. The van der Waals surface area contributed by atoms with E-state index in [1.54, 1.807) is 23.5 Å². The van der Waals surface area contributed by atoms with Crippen molar-refractivity contribution in [2.75, 3.05) is 25.1 Å². The fourth-order valence-electron chi connectivity index (χ4n) is 4.45. The number of hydrogen-bond acceptors (Lipinski definition) is 5. The average molecular weight is 301 g/mol. The zero-order chi connectivity index (χ0) is 13.7. The molecule has 2 heterocycles. The predicted octanol–water partition coefficient (Wildman–Crippen LogP) is 2.19. The molecule has 0 aromatic carbocycles. The summed E-state index contributed by atoms with van der Waals surface area (Å²) in [6.07, 6.45) is 3.90. The Balaban J connectivity index is 2.07. The molecular formula is C14H23NO2S2. The average Bonchev–Trinajstić information content (AvgIpc) is 2.80. The normalized spacial score (nSPS) is 42.6. The van der Waals surface area contributed by atoms with Crippen molar-refractivity contribution >= 4 is 29.3 Å². The number of likely N-dealkylation sites (tertiary alicyclic amines) is 1. The van der Waals surface area contributed by atoms with Gasteiger partial charge in [-0.15, -0.1) is 23.5 Å². The number of Topliss-reactive ketones (excluding diaryl/α,β-unsaturated/α-hetero) is 1. The Labute approximate surface area is 123 Å². The Morgan fingerprint density at radius 2 is 2.11 bits per heavy atom. The summed E-state index contributed by atoms with van der Waals surface area (Å²) >= 11 is 3.21. The number of rotatable bonds is 2. The quantitative estimate of drug-likeness (QED) is 0.847. The van der Waals surface area contributed by atoms with E-state index in [0.29, 0.717) is 5.78 Å². The van der Waals surface area contributed by atoms with Gasteiger partial charge >= 0.3 is 0 Å². The molecule has 3 nitrogen and oxygen atoms in total. The van der Waals surface area contributed by atoms with Crippen molar-refractivity contribution in [3.8, 4) is 0 Å². The topological polar surface area (TPSA) is 40.5 Å². The zero-order valence-electron chi connectivity index (χ0n) is 11.7. The van der Waals surface area contributed by atoms with Crippen LogP contribution in [-0.2, 0) is 4.79 Å². The standard InChI is InChI=1S/C14H23NO2S2/c1-3-11-13(14(17)18-7-8-19-14)6-4-5-10(12(13)16)9-15(11)2/h10-11,17H,3-9H2,1-2H3. The van der Waals surface area contributed by atoms with E-state index >= 15 is 0 Å². The van der Waals surface area contributed by atoms with Crippen LogP contribution in [0.15, 0.2) is 0 Å². The van der Waals surface area contributed by atoms with Crippen molar-refractivity contribution in [2.24, 2.45) is 11.3 Å². The molecule has 0 aromatic heterocycles. The van der Waals surface area contributed by atoms with Crippen molar-refractivity contribution in [1.29, 1.82) is 0 Å². The van der Waals surface area contributed by atoms with E-state index in [2.05, 4.69) is 18.9 Å². The second kappa shape index (κ2) is 4.93. The SMILES string of the molecule is CCC1N(C)CC2CCCC1(C1(O)SCCS1)C2=O. The number of ketones is 1. The number of hydrogen-bond donors (Lipinski definition) is 1. The monoisotopic (exact) mass is 301 g/mol. The number of fused-ring (bicyclic) bond motifs is 2. The highest BCUT2D eigenvalue weighted by Crippen LogP contribution is 2.62. The number of thioether (sulfide) groups is 2. The molecule has 0 spiro atoms. The Morgan fingerprint density at radius 3 is 2.74 bits per heavy atom. The van der Waals surface area contributed by atoms with Gasteiger partial charge in [-0.25, -0.2) is 0 Å². The lowest BCUT2D eigenvalue weighted by Gasteiger charge is -2.57. The van der Waals surface area contributed by atoms with Gasteiger partial charge in [0.05, 0.1) is 5.41 Å². The molecule has 2 saturated heterocycles. The third kappa shape index (κ3) is 1.84. The molecule has 1 N–H and O–H groups in total. The largest absolute Gasteiger partial charge is 0.369 e. The molecule has 1 saturated carbocycles. The molecule has 108 valence electrons. The van der Waals surface area contributed by atoms with Gasteiger partial charge in [0.15, 0.2) is 4.27 Å². The molecule has 2 bridgehead atoms. The van der Waals surface area contributed by atoms with E-state index < -0.39 is 9.68 Å². The smallest absolute Gasteiger partial charge is 0.171 e. The molecule has 19 heavy (non-hydrogen) atoms. The molecule has 3 rings (SSSR count). The summed E-state index contributed by atoms with van der Waals surface area (Å²) in [5.74, 6) is 2.42. The fraction of sp³-hybridized carbons (Fsp3) is 0.929. The highest BCUT2D eigenvalue weighted by Gasteiger charge is 2.66. The molecule has 3 atom stereocenters. The van der Waals surface area contributed by atoms with Crippen LogP contribution in [0.5, 0.6) is 0 Å². The van der Waals surface area contributed by atoms with E-state index in [-0.39, 0.29) is 12.0 Å². The van der Waals surface area contributed by atoms with Crippen molar-refractivity contribution in [2.45, 2.75) is 42.9 Å². The van der Waals surface area contributed by atoms with Gasteiger partial charge in [0, 0.05) is 30.0 Å². The van der Waals surface area contributed by atoms with Crippen LogP contribution in [-0.4, -0.2) is 51.2 Å². The first-order valence-corrected chi connectivity index (χ1v) is 9.27. The van der Waals surface area contributed by atoms with E-state index in [9.17, 15) is 9.90 Å². The lowest BCUT2D eigenvalue weighted by molar-refractivity contribution is -0.159. The molecular weight excluding hydrogens is 278 g/mol. The summed E-state index contributed by atoms with van der Waals surface area (Å²) in [5, 5.41) is 11.2. The molecule has 0 aromatic rings. The first kappa shape index (κ1) is 14.2. The summed E-state index contributed by atoms with van der Waals surface area (Å²) in [6.45, 7) is 3.03. The summed E-state index contributed by atoms with van der Waals surface area (Å²) in [4.78, 5) is 15.4. The van der Waals surface area contributed by atoms with E-state index in [1.807, 2.05) is 0 Å². The van der Waals surface area contributed by atoms with Gasteiger partial charge < -0.3 is 10.0 Å². The molecule has 2 aliphatic heterocycles. The number of carbonyl (C=O) groups excluding carboxylic acids is 1. The molecule has 3 fully saturated rings. The van der Waals surface area contributed by atoms with Crippen LogP contribution in [0.4, 0.5) is 0 Å². The van der Waals surface area contributed by atoms with Crippen molar-refractivity contribution in [3.05, 3.63) is 0 Å². The minimum atomic E-state index is -0.891. The zero-order valence-corrected chi connectivity index (χ0v) is 13.4.